The third-order valence-corrected chi connectivity index (χ3v) is 3.77. The van der Waals surface area contributed by atoms with Crippen LogP contribution in [-0.4, -0.2) is 37.2 Å². The van der Waals surface area contributed by atoms with Crippen LogP contribution < -0.4 is 10.0 Å². The molecule has 0 atom stereocenters. The Morgan fingerprint density at radius 2 is 2.11 bits per heavy atom. The minimum absolute atomic E-state index is 0.0641. The van der Waals surface area contributed by atoms with Crippen LogP contribution in [0.2, 0.25) is 0 Å². The first kappa shape index (κ1) is 15.3. The first-order valence-electron chi connectivity index (χ1n) is 5.69. The fourth-order valence-corrected chi connectivity index (χ4v) is 2.41. The maximum atomic E-state index is 11.4. The van der Waals surface area contributed by atoms with E-state index in [1.54, 1.807) is 6.92 Å². The smallest absolute Gasteiger partial charge is 0.290 e. The molecule has 0 amide bonds. The molecule has 0 fully saturated rings. The Balaban J connectivity index is 2.60. The van der Waals surface area contributed by atoms with E-state index in [-0.39, 0.29) is 23.7 Å². The van der Waals surface area contributed by atoms with Crippen LogP contribution in [0.1, 0.15) is 12.6 Å². The zero-order valence-electron chi connectivity index (χ0n) is 10.7. The summed E-state index contributed by atoms with van der Waals surface area (Å²) in [5.74, 6) is 0.327. The Morgan fingerprint density at radius 1 is 1.42 bits per heavy atom. The highest BCUT2D eigenvalue weighted by Crippen LogP contribution is 2.17. The van der Waals surface area contributed by atoms with Gasteiger partial charge in [-0.1, -0.05) is 6.92 Å². The summed E-state index contributed by atoms with van der Waals surface area (Å²) in [5, 5.41) is 13.4. The number of pyridine rings is 1. The number of nitro groups is 1. The molecule has 1 aromatic rings. The van der Waals surface area contributed by atoms with Crippen molar-refractivity contribution in [3.05, 3.63) is 27.9 Å². The third-order valence-electron chi connectivity index (χ3n) is 2.30. The fraction of sp³-hybridized carbons (Fsp3) is 0.500. The molecule has 1 heterocycles. The number of nitrogens with zero attached hydrogens (tertiary/aromatic N) is 2. The Kier molecular flexibility index (Phi) is 5.19. The average molecular weight is 288 g/mol. The second kappa shape index (κ2) is 6.43. The maximum absolute atomic E-state index is 11.4. The molecule has 0 bridgehead atoms. The number of anilines is 1. The van der Waals surface area contributed by atoms with Crippen molar-refractivity contribution in [3.63, 3.8) is 0 Å². The Hall–Kier alpha value is -1.74. The SMILES string of the molecule is CCNS(=O)(=O)CCNc1ccc([N+](=O)[O-])c(C)n1. The maximum Gasteiger partial charge on any atom is 0.290 e. The summed E-state index contributed by atoms with van der Waals surface area (Å²) in [6.07, 6.45) is 0. The summed E-state index contributed by atoms with van der Waals surface area (Å²) in [7, 11) is -3.28. The first-order chi connectivity index (χ1) is 8.85. The van der Waals surface area contributed by atoms with Crippen molar-refractivity contribution in [1.82, 2.24) is 9.71 Å². The quantitative estimate of drug-likeness (QED) is 0.562. The zero-order chi connectivity index (χ0) is 14.5. The highest BCUT2D eigenvalue weighted by Gasteiger charge is 2.12. The molecular weight excluding hydrogens is 272 g/mol. The number of rotatable bonds is 7. The van der Waals surface area contributed by atoms with E-state index in [4.69, 9.17) is 0 Å². The van der Waals surface area contributed by atoms with E-state index >= 15 is 0 Å². The van der Waals surface area contributed by atoms with Gasteiger partial charge in [-0.25, -0.2) is 18.1 Å². The van der Waals surface area contributed by atoms with Gasteiger partial charge in [0.05, 0.1) is 10.7 Å². The number of hydrogen-bond donors (Lipinski definition) is 2. The first-order valence-corrected chi connectivity index (χ1v) is 7.34. The zero-order valence-corrected chi connectivity index (χ0v) is 11.5. The van der Waals surface area contributed by atoms with Gasteiger partial charge in [-0.2, -0.15) is 0 Å². The van der Waals surface area contributed by atoms with Gasteiger partial charge in [0.2, 0.25) is 10.0 Å². The largest absolute Gasteiger partial charge is 0.369 e. The molecule has 0 saturated heterocycles. The van der Waals surface area contributed by atoms with E-state index < -0.39 is 14.9 Å². The predicted molar refractivity (Wildman–Crippen MR) is 71.6 cm³/mol. The van der Waals surface area contributed by atoms with Crippen LogP contribution in [-0.2, 0) is 10.0 Å². The molecule has 0 aliphatic carbocycles. The summed E-state index contributed by atoms with van der Waals surface area (Å²) in [6, 6.07) is 2.79. The van der Waals surface area contributed by atoms with Gasteiger partial charge < -0.3 is 5.32 Å². The molecule has 9 heteroatoms. The molecule has 0 spiro atoms. The lowest BCUT2D eigenvalue weighted by molar-refractivity contribution is -0.385. The molecule has 0 unspecified atom stereocenters. The summed E-state index contributed by atoms with van der Waals surface area (Å²) < 4.78 is 25.1. The normalized spacial score (nSPS) is 11.3. The number of hydrogen-bond acceptors (Lipinski definition) is 6. The highest BCUT2D eigenvalue weighted by molar-refractivity contribution is 7.89. The van der Waals surface area contributed by atoms with Gasteiger partial charge in [-0.3, -0.25) is 10.1 Å². The van der Waals surface area contributed by atoms with Crippen LogP contribution in [0, 0.1) is 17.0 Å². The van der Waals surface area contributed by atoms with Gasteiger partial charge in [0.25, 0.3) is 5.69 Å². The summed E-state index contributed by atoms with van der Waals surface area (Å²) in [4.78, 5) is 14.1. The van der Waals surface area contributed by atoms with E-state index in [9.17, 15) is 18.5 Å². The van der Waals surface area contributed by atoms with Crippen LogP contribution in [0.5, 0.6) is 0 Å². The van der Waals surface area contributed by atoms with E-state index in [0.717, 1.165) is 0 Å². The number of aryl methyl sites for hydroxylation is 1. The van der Waals surface area contributed by atoms with Gasteiger partial charge in [0.1, 0.15) is 11.5 Å². The van der Waals surface area contributed by atoms with Crippen molar-refractivity contribution in [3.8, 4) is 0 Å². The van der Waals surface area contributed by atoms with Crippen LogP contribution >= 0.6 is 0 Å². The second-order valence-corrected chi connectivity index (χ2v) is 5.73. The molecule has 0 aromatic carbocycles. The molecule has 19 heavy (non-hydrogen) atoms. The molecule has 106 valence electrons. The Bertz CT molecular complexity index is 559. The van der Waals surface area contributed by atoms with Crippen molar-refractivity contribution in [1.29, 1.82) is 0 Å². The van der Waals surface area contributed by atoms with Crippen molar-refractivity contribution < 1.29 is 13.3 Å². The topological polar surface area (TPSA) is 114 Å². The Labute approximate surface area is 111 Å². The molecule has 0 saturated carbocycles. The summed E-state index contributed by atoms with van der Waals surface area (Å²) >= 11 is 0. The van der Waals surface area contributed by atoms with E-state index in [2.05, 4.69) is 15.0 Å². The lowest BCUT2D eigenvalue weighted by Crippen LogP contribution is -2.29. The molecule has 2 N–H and O–H groups in total. The summed E-state index contributed by atoms with van der Waals surface area (Å²) in [6.45, 7) is 3.75. The third kappa shape index (κ3) is 4.79. The van der Waals surface area contributed by atoms with E-state index in [0.29, 0.717) is 12.4 Å². The minimum Gasteiger partial charge on any atom is -0.369 e. The fourth-order valence-electron chi connectivity index (χ4n) is 1.45. The average Bonchev–Trinajstić information content (AvgIpc) is 2.28. The molecule has 0 radical (unpaired) electrons. The van der Waals surface area contributed by atoms with Gasteiger partial charge in [-0.05, 0) is 13.0 Å². The van der Waals surface area contributed by atoms with Gasteiger partial charge >= 0.3 is 0 Å². The van der Waals surface area contributed by atoms with Crippen molar-refractivity contribution in [2.24, 2.45) is 0 Å². The second-order valence-electron chi connectivity index (χ2n) is 3.80. The lowest BCUT2D eigenvalue weighted by Gasteiger charge is -2.07. The number of sulfonamides is 1. The minimum atomic E-state index is -3.28. The summed E-state index contributed by atoms with van der Waals surface area (Å²) in [5.41, 5.74) is 0.218. The van der Waals surface area contributed by atoms with Crippen molar-refractivity contribution in [2.75, 3.05) is 24.2 Å². The van der Waals surface area contributed by atoms with Crippen molar-refractivity contribution >= 4 is 21.5 Å². The van der Waals surface area contributed by atoms with Gasteiger partial charge in [0.15, 0.2) is 0 Å². The Morgan fingerprint density at radius 3 is 2.63 bits per heavy atom. The number of nitrogens with one attached hydrogen (secondary N) is 2. The monoisotopic (exact) mass is 288 g/mol. The van der Waals surface area contributed by atoms with Crippen LogP contribution in [0.25, 0.3) is 0 Å². The van der Waals surface area contributed by atoms with Crippen LogP contribution in [0.3, 0.4) is 0 Å². The van der Waals surface area contributed by atoms with E-state index in [1.807, 2.05) is 0 Å². The molecular formula is C10H16N4O4S. The van der Waals surface area contributed by atoms with E-state index in [1.165, 1.54) is 19.1 Å². The number of aromatic nitrogens is 1. The molecule has 0 aliphatic rings. The predicted octanol–water partition coefficient (Wildman–Crippen LogP) is 0.649. The van der Waals surface area contributed by atoms with Gasteiger partial charge in [-0.15, -0.1) is 0 Å². The lowest BCUT2D eigenvalue weighted by atomic mass is 10.3. The van der Waals surface area contributed by atoms with Crippen molar-refractivity contribution in [2.45, 2.75) is 13.8 Å². The molecule has 8 nitrogen and oxygen atoms in total. The standard InChI is InChI=1S/C10H16N4O4S/c1-3-12-19(17,18)7-6-11-10-5-4-9(14(15)16)8(2)13-10/h4-5,12H,3,6-7H2,1-2H3,(H,11,13). The van der Waals surface area contributed by atoms with Crippen LogP contribution in [0.15, 0.2) is 12.1 Å². The molecule has 1 aromatic heterocycles. The molecule has 0 aliphatic heterocycles. The van der Waals surface area contributed by atoms with Gasteiger partial charge in [0, 0.05) is 19.2 Å². The van der Waals surface area contributed by atoms with Crippen LogP contribution in [0.4, 0.5) is 11.5 Å². The highest BCUT2D eigenvalue weighted by atomic mass is 32.2. The molecule has 1 rings (SSSR count).